The summed E-state index contributed by atoms with van der Waals surface area (Å²) in [6.07, 6.45) is 7.05. The predicted molar refractivity (Wildman–Crippen MR) is 101 cm³/mol. The number of hydrogen-bond acceptors (Lipinski definition) is 3. The van der Waals surface area contributed by atoms with E-state index in [1.54, 1.807) is 18.2 Å². The summed E-state index contributed by atoms with van der Waals surface area (Å²) in [7, 11) is 0. The fraction of sp³-hybridized carbons (Fsp3) is 0.286. The molecule has 2 aromatic carbocycles. The zero-order chi connectivity index (χ0) is 17.9. The number of hydrogen-bond donors (Lipinski definition) is 0. The van der Waals surface area contributed by atoms with Crippen LogP contribution >= 0.6 is 0 Å². The molecule has 0 amide bonds. The van der Waals surface area contributed by atoms with Gasteiger partial charge in [0.2, 0.25) is 0 Å². The molecule has 0 N–H and O–H groups in total. The van der Waals surface area contributed by atoms with Crippen LogP contribution in [0.5, 0.6) is 0 Å². The van der Waals surface area contributed by atoms with Crippen molar-refractivity contribution in [3.8, 4) is 0 Å². The van der Waals surface area contributed by atoms with E-state index in [2.05, 4.69) is 5.10 Å². The zero-order valence-corrected chi connectivity index (χ0v) is 14.4. The highest BCUT2D eigenvalue weighted by molar-refractivity contribution is 5.80. The number of benzene rings is 2. The summed E-state index contributed by atoms with van der Waals surface area (Å²) >= 11 is 0. The van der Waals surface area contributed by atoms with Gasteiger partial charge >= 0.3 is 0 Å². The highest BCUT2D eigenvalue weighted by Crippen LogP contribution is 2.31. The Kier molecular flexibility index (Phi) is 4.61. The van der Waals surface area contributed by atoms with E-state index in [9.17, 15) is 9.18 Å². The molecule has 1 aromatic heterocycles. The second-order valence-electron chi connectivity index (χ2n) is 6.74. The monoisotopic (exact) mass is 349 g/mol. The lowest BCUT2D eigenvalue weighted by Crippen LogP contribution is -2.25. The summed E-state index contributed by atoms with van der Waals surface area (Å²) in [5, 5.41) is 4.94. The SMILES string of the molecule is O=c1c2ccccc2nc(C2CCCCC2)n1N=Cc1cccc(F)c1. The Hall–Kier alpha value is -2.82. The van der Waals surface area contributed by atoms with Crippen molar-refractivity contribution in [2.24, 2.45) is 5.10 Å². The van der Waals surface area contributed by atoms with Gasteiger partial charge in [0, 0.05) is 5.92 Å². The van der Waals surface area contributed by atoms with Crippen molar-refractivity contribution in [1.82, 2.24) is 9.66 Å². The van der Waals surface area contributed by atoms with Crippen molar-refractivity contribution in [2.75, 3.05) is 0 Å². The van der Waals surface area contributed by atoms with Crippen LogP contribution in [0.2, 0.25) is 0 Å². The normalized spacial score (nSPS) is 15.7. The highest BCUT2D eigenvalue weighted by Gasteiger charge is 2.22. The molecule has 132 valence electrons. The van der Waals surface area contributed by atoms with Crippen molar-refractivity contribution in [2.45, 2.75) is 38.0 Å². The van der Waals surface area contributed by atoms with Crippen LogP contribution in [0.3, 0.4) is 0 Å². The van der Waals surface area contributed by atoms with E-state index in [1.165, 1.54) is 29.4 Å². The largest absolute Gasteiger partial charge is 0.282 e. The molecule has 0 unspecified atom stereocenters. The van der Waals surface area contributed by atoms with Crippen LogP contribution < -0.4 is 5.56 Å². The number of nitrogens with zero attached hydrogens (tertiary/aromatic N) is 3. The molecule has 0 aliphatic heterocycles. The quantitative estimate of drug-likeness (QED) is 0.655. The van der Waals surface area contributed by atoms with Crippen LogP contribution in [-0.2, 0) is 0 Å². The fourth-order valence-corrected chi connectivity index (χ4v) is 3.59. The van der Waals surface area contributed by atoms with Crippen molar-refractivity contribution in [3.05, 3.63) is 76.1 Å². The Balaban J connectivity index is 1.85. The van der Waals surface area contributed by atoms with Crippen molar-refractivity contribution in [1.29, 1.82) is 0 Å². The molecular formula is C21H20FN3O. The minimum Gasteiger partial charge on any atom is -0.267 e. The molecule has 1 aliphatic rings. The van der Waals surface area contributed by atoms with Gasteiger partial charge in [0.1, 0.15) is 11.6 Å². The van der Waals surface area contributed by atoms with Gasteiger partial charge in [0.15, 0.2) is 0 Å². The summed E-state index contributed by atoms with van der Waals surface area (Å²) < 4.78 is 14.8. The molecule has 0 saturated heterocycles. The molecule has 4 rings (SSSR count). The predicted octanol–water partition coefficient (Wildman–Crippen LogP) is 4.47. The van der Waals surface area contributed by atoms with Crippen LogP contribution in [0.15, 0.2) is 58.4 Å². The molecule has 5 heteroatoms. The van der Waals surface area contributed by atoms with Crippen LogP contribution in [0.1, 0.15) is 49.4 Å². The van der Waals surface area contributed by atoms with Gasteiger partial charge in [-0.15, -0.1) is 0 Å². The van der Waals surface area contributed by atoms with E-state index in [1.807, 2.05) is 18.2 Å². The smallest absolute Gasteiger partial charge is 0.267 e. The number of para-hydroxylation sites is 1. The van der Waals surface area contributed by atoms with Gasteiger partial charge in [-0.1, -0.05) is 43.5 Å². The lowest BCUT2D eigenvalue weighted by atomic mass is 9.88. The third-order valence-electron chi connectivity index (χ3n) is 4.92. The number of rotatable bonds is 3. The molecule has 0 spiro atoms. The molecule has 1 aliphatic carbocycles. The van der Waals surface area contributed by atoms with E-state index in [4.69, 9.17) is 4.98 Å². The number of fused-ring (bicyclic) bond motifs is 1. The molecule has 26 heavy (non-hydrogen) atoms. The van der Waals surface area contributed by atoms with E-state index in [0.717, 1.165) is 25.7 Å². The standard InChI is InChI=1S/C21H20FN3O/c22-17-10-6-7-15(13-17)14-23-25-20(16-8-2-1-3-9-16)24-19-12-5-4-11-18(19)21(25)26/h4-7,10-14,16H,1-3,8-9H2. The Morgan fingerprint density at radius 3 is 2.69 bits per heavy atom. The summed E-state index contributed by atoms with van der Waals surface area (Å²) in [5.41, 5.74) is 1.14. The Morgan fingerprint density at radius 1 is 1.08 bits per heavy atom. The van der Waals surface area contributed by atoms with Crippen molar-refractivity contribution >= 4 is 17.1 Å². The molecule has 0 radical (unpaired) electrons. The molecular weight excluding hydrogens is 329 g/mol. The van der Waals surface area contributed by atoms with E-state index in [-0.39, 0.29) is 17.3 Å². The van der Waals surface area contributed by atoms with Gasteiger partial charge in [-0.2, -0.15) is 9.78 Å². The summed E-state index contributed by atoms with van der Waals surface area (Å²) in [4.78, 5) is 17.8. The third-order valence-corrected chi connectivity index (χ3v) is 4.92. The second kappa shape index (κ2) is 7.20. The van der Waals surface area contributed by atoms with Crippen LogP contribution in [-0.4, -0.2) is 15.9 Å². The lowest BCUT2D eigenvalue weighted by Gasteiger charge is -2.22. The molecule has 4 nitrogen and oxygen atoms in total. The number of aromatic nitrogens is 2. The Labute approximate surface area is 151 Å². The summed E-state index contributed by atoms with van der Waals surface area (Å²) in [5.74, 6) is 0.609. The third kappa shape index (κ3) is 3.29. The Morgan fingerprint density at radius 2 is 1.88 bits per heavy atom. The average molecular weight is 349 g/mol. The minimum absolute atomic E-state index is 0.177. The molecule has 3 aromatic rings. The van der Waals surface area contributed by atoms with Crippen molar-refractivity contribution < 1.29 is 4.39 Å². The number of halogens is 1. The molecule has 1 saturated carbocycles. The van der Waals surface area contributed by atoms with Gasteiger partial charge in [0.25, 0.3) is 5.56 Å². The van der Waals surface area contributed by atoms with Gasteiger partial charge in [-0.05, 0) is 42.7 Å². The lowest BCUT2D eigenvalue weighted by molar-refractivity contribution is 0.416. The van der Waals surface area contributed by atoms with Gasteiger partial charge in [0.05, 0.1) is 17.1 Å². The average Bonchev–Trinajstić information content (AvgIpc) is 2.68. The summed E-state index contributed by atoms with van der Waals surface area (Å²) in [6, 6.07) is 13.5. The topological polar surface area (TPSA) is 47.2 Å². The van der Waals surface area contributed by atoms with Crippen molar-refractivity contribution in [3.63, 3.8) is 0 Å². The maximum Gasteiger partial charge on any atom is 0.282 e. The van der Waals surface area contributed by atoms with E-state index in [0.29, 0.717) is 22.3 Å². The first-order chi connectivity index (χ1) is 12.7. The van der Waals surface area contributed by atoms with Gasteiger partial charge < -0.3 is 0 Å². The maximum atomic E-state index is 13.4. The summed E-state index contributed by atoms with van der Waals surface area (Å²) in [6.45, 7) is 0. The van der Waals surface area contributed by atoms with Gasteiger partial charge in [-0.3, -0.25) is 4.79 Å². The maximum absolute atomic E-state index is 13.4. The van der Waals surface area contributed by atoms with Crippen LogP contribution in [0.4, 0.5) is 4.39 Å². The zero-order valence-electron chi connectivity index (χ0n) is 14.4. The molecule has 0 bridgehead atoms. The highest BCUT2D eigenvalue weighted by atomic mass is 19.1. The molecule has 0 atom stereocenters. The first-order valence-electron chi connectivity index (χ1n) is 9.04. The molecule has 1 heterocycles. The second-order valence-corrected chi connectivity index (χ2v) is 6.74. The fourth-order valence-electron chi connectivity index (χ4n) is 3.59. The minimum atomic E-state index is -0.328. The van der Waals surface area contributed by atoms with E-state index >= 15 is 0 Å². The first kappa shape index (κ1) is 16.6. The van der Waals surface area contributed by atoms with Gasteiger partial charge in [-0.25, -0.2) is 9.37 Å². The van der Waals surface area contributed by atoms with Crippen LogP contribution in [0, 0.1) is 5.82 Å². The molecule has 1 fully saturated rings. The Bertz CT molecular complexity index is 1020. The first-order valence-corrected chi connectivity index (χ1v) is 9.04. The van der Waals surface area contributed by atoms with Crippen LogP contribution in [0.25, 0.3) is 10.9 Å². The van der Waals surface area contributed by atoms with E-state index < -0.39 is 0 Å².